The number of benzene rings is 1. The number of carbonyl (C=O) groups is 1. The Morgan fingerprint density at radius 1 is 1.31 bits per heavy atom. The molecule has 1 aromatic carbocycles. The van der Waals surface area contributed by atoms with Gasteiger partial charge in [0.1, 0.15) is 23.6 Å². The van der Waals surface area contributed by atoms with Crippen molar-refractivity contribution in [2.75, 3.05) is 39.4 Å². The maximum Gasteiger partial charge on any atom is 0.318 e. The summed E-state index contributed by atoms with van der Waals surface area (Å²) in [5.74, 6) is -1.13. The fourth-order valence-corrected chi connectivity index (χ4v) is 4.79. The molecule has 11 heteroatoms. The number of aromatic nitrogens is 2. The first kappa shape index (κ1) is 25.5. The summed E-state index contributed by atoms with van der Waals surface area (Å²) in [4.78, 5) is 22.7. The van der Waals surface area contributed by atoms with Gasteiger partial charge in [-0.3, -0.25) is 0 Å². The van der Waals surface area contributed by atoms with E-state index >= 15 is 0 Å². The highest BCUT2D eigenvalue weighted by Crippen LogP contribution is 2.36. The highest BCUT2D eigenvalue weighted by molar-refractivity contribution is 5.75. The van der Waals surface area contributed by atoms with Gasteiger partial charge in [0, 0.05) is 56.9 Å². The van der Waals surface area contributed by atoms with Crippen molar-refractivity contribution >= 4 is 6.03 Å². The second-order valence-corrected chi connectivity index (χ2v) is 9.37. The number of halogens is 3. The van der Waals surface area contributed by atoms with Gasteiger partial charge < -0.3 is 31.0 Å². The highest BCUT2D eigenvalue weighted by Gasteiger charge is 2.39. The number of urea groups is 1. The lowest BCUT2D eigenvalue weighted by atomic mass is 9.89. The Morgan fingerprint density at radius 2 is 2.09 bits per heavy atom. The zero-order chi connectivity index (χ0) is 24.9. The third kappa shape index (κ3) is 5.96. The second kappa shape index (κ2) is 11.4. The van der Waals surface area contributed by atoms with Crippen LogP contribution in [-0.2, 0) is 4.74 Å². The summed E-state index contributed by atoms with van der Waals surface area (Å²) in [5, 5.41) is 5.94. The van der Waals surface area contributed by atoms with E-state index in [0.717, 1.165) is 18.2 Å². The number of hydrogen-bond acceptors (Lipinski definition) is 5. The maximum absolute atomic E-state index is 14.6. The van der Waals surface area contributed by atoms with Gasteiger partial charge in [0.15, 0.2) is 0 Å². The van der Waals surface area contributed by atoms with Crippen LogP contribution in [0, 0.1) is 23.5 Å². The van der Waals surface area contributed by atoms with Crippen LogP contribution < -0.4 is 16.4 Å². The molecule has 2 fully saturated rings. The molecule has 4 rings (SSSR count). The summed E-state index contributed by atoms with van der Waals surface area (Å²) in [6.45, 7) is 3.97. The van der Waals surface area contributed by atoms with Crippen molar-refractivity contribution in [3.05, 3.63) is 41.9 Å². The second-order valence-electron chi connectivity index (χ2n) is 9.37. The quantitative estimate of drug-likeness (QED) is 0.451. The Bertz CT molecular complexity index is 999. The Kier molecular flexibility index (Phi) is 8.30. The molecule has 8 nitrogen and oxygen atoms in total. The van der Waals surface area contributed by atoms with E-state index in [-0.39, 0.29) is 49.1 Å². The summed E-state index contributed by atoms with van der Waals surface area (Å²) >= 11 is 0. The monoisotopic (exact) mass is 494 g/mol. The maximum atomic E-state index is 14.6. The molecule has 0 spiro atoms. The van der Waals surface area contributed by atoms with Gasteiger partial charge in [0.2, 0.25) is 0 Å². The van der Waals surface area contributed by atoms with Crippen LogP contribution in [0.25, 0.3) is 11.3 Å². The number of rotatable bonds is 8. The molecule has 2 saturated heterocycles. The SMILES string of the molecule is CC(CN)NC(=O)N(CC1CNCC1F)C(c1ncc(-c2cc(F)ccc2F)[nH]1)C1CCOCC1. The van der Waals surface area contributed by atoms with Crippen LogP contribution in [0.5, 0.6) is 0 Å². The number of nitrogens with two attached hydrogens (primary N) is 1. The molecule has 0 bridgehead atoms. The zero-order valence-corrected chi connectivity index (χ0v) is 19.8. The number of nitrogens with one attached hydrogen (secondary N) is 3. The number of nitrogens with zero attached hydrogens (tertiary/aromatic N) is 2. The zero-order valence-electron chi connectivity index (χ0n) is 19.8. The lowest BCUT2D eigenvalue weighted by molar-refractivity contribution is 0.0266. The molecular formula is C24H33F3N6O2. The molecule has 4 atom stereocenters. The first-order valence-electron chi connectivity index (χ1n) is 12.1. The van der Waals surface area contributed by atoms with Gasteiger partial charge in [-0.05, 0) is 43.9 Å². The molecule has 1 aromatic heterocycles. The molecule has 0 saturated carbocycles. The average Bonchev–Trinajstić information content (AvgIpc) is 3.50. The number of carbonyl (C=O) groups excluding carboxylic acids is 1. The normalized spacial score (nSPS) is 22.7. The molecule has 2 aliphatic rings. The topological polar surface area (TPSA) is 108 Å². The van der Waals surface area contributed by atoms with Crippen LogP contribution >= 0.6 is 0 Å². The number of imidazole rings is 1. The fourth-order valence-electron chi connectivity index (χ4n) is 4.79. The third-order valence-electron chi connectivity index (χ3n) is 6.82. The minimum absolute atomic E-state index is 0.0218. The fraction of sp³-hybridized carbons (Fsp3) is 0.583. The lowest BCUT2D eigenvalue weighted by Crippen LogP contribution is -2.51. The van der Waals surface area contributed by atoms with Gasteiger partial charge in [-0.1, -0.05) is 0 Å². The van der Waals surface area contributed by atoms with E-state index in [0.29, 0.717) is 44.1 Å². The minimum Gasteiger partial charge on any atom is -0.381 e. The highest BCUT2D eigenvalue weighted by atomic mass is 19.1. The van der Waals surface area contributed by atoms with Crippen molar-refractivity contribution in [1.29, 1.82) is 0 Å². The molecule has 2 aromatic rings. The standard InChI is InChI=1S/C24H33F3N6O2/c1-14(9-28)31-24(34)33(13-16-10-29-11-20(16)27)22(15-4-6-35-7-5-15)23-30-12-21(32-23)18-8-17(25)2-3-19(18)26/h2-3,8,12,14-16,20,22,29H,4-7,9-11,13,28H2,1H3,(H,30,32)(H,31,34). The molecule has 0 radical (unpaired) electrons. The van der Waals surface area contributed by atoms with Gasteiger partial charge in [-0.15, -0.1) is 0 Å². The number of alkyl halides is 1. The smallest absolute Gasteiger partial charge is 0.318 e. The Morgan fingerprint density at radius 3 is 2.77 bits per heavy atom. The van der Waals surface area contributed by atoms with Crippen LogP contribution in [0.3, 0.4) is 0 Å². The predicted molar refractivity (Wildman–Crippen MR) is 125 cm³/mol. The summed E-state index contributed by atoms with van der Waals surface area (Å²) in [5.41, 5.74) is 6.07. The molecule has 35 heavy (non-hydrogen) atoms. The van der Waals surface area contributed by atoms with E-state index in [1.165, 1.54) is 6.20 Å². The number of amides is 2. The predicted octanol–water partition coefficient (Wildman–Crippen LogP) is 2.74. The van der Waals surface area contributed by atoms with E-state index in [9.17, 15) is 18.0 Å². The minimum atomic E-state index is -1.08. The van der Waals surface area contributed by atoms with Crippen molar-refractivity contribution in [3.63, 3.8) is 0 Å². The molecule has 4 unspecified atom stereocenters. The summed E-state index contributed by atoms with van der Waals surface area (Å²) in [6, 6.07) is 2.02. The third-order valence-corrected chi connectivity index (χ3v) is 6.82. The van der Waals surface area contributed by atoms with E-state index in [2.05, 4.69) is 20.6 Å². The average molecular weight is 495 g/mol. The van der Waals surface area contributed by atoms with Crippen molar-refractivity contribution in [1.82, 2.24) is 25.5 Å². The molecule has 2 amide bonds. The number of hydrogen-bond donors (Lipinski definition) is 4. The number of aromatic amines is 1. The van der Waals surface area contributed by atoms with Gasteiger partial charge in [-0.25, -0.2) is 22.9 Å². The lowest BCUT2D eigenvalue weighted by Gasteiger charge is -2.39. The number of H-pyrrole nitrogens is 1. The van der Waals surface area contributed by atoms with Gasteiger partial charge in [0.05, 0.1) is 17.9 Å². The van der Waals surface area contributed by atoms with E-state index in [1.54, 1.807) is 11.8 Å². The molecule has 192 valence electrons. The first-order valence-corrected chi connectivity index (χ1v) is 12.1. The van der Waals surface area contributed by atoms with Crippen molar-refractivity contribution in [2.24, 2.45) is 17.6 Å². The van der Waals surface area contributed by atoms with Crippen LogP contribution in [0.4, 0.5) is 18.0 Å². The Hall–Kier alpha value is -2.63. The largest absolute Gasteiger partial charge is 0.381 e. The van der Waals surface area contributed by atoms with Crippen LogP contribution in [-0.4, -0.2) is 72.5 Å². The molecular weight excluding hydrogens is 461 g/mol. The summed E-state index contributed by atoms with van der Waals surface area (Å²) in [6.07, 6.45) is 1.70. The van der Waals surface area contributed by atoms with Crippen molar-refractivity contribution in [2.45, 2.75) is 38.0 Å². The Balaban J connectivity index is 1.71. The van der Waals surface area contributed by atoms with Gasteiger partial charge in [-0.2, -0.15) is 0 Å². The van der Waals surface area contributed by atoms with Crippen LogP contribution in [0.2, 0.25) is 0 Å². The molecule has 3 heterocycles. The van der Waals surface area contributed by atoms with E-state index in [1.807, 2.05) is 0 Å². The molecule has 5 N–H and O–H groups in total. The van der Waals surface area contributed by atoms with E-state index < -0.39 is 23.8 Å². The van der Waals surface area contributed by atoms with E-state index in [4.69, 9.17) is 10.5 Å². The summed E-state index contributed by atoms with van der Waals surface area (Å²) < 4.78 is 48.4. The van der Waals surface area contributed by atoms with Gasteiger partial charge in [0.25, 0.3) is 0 Å². The first-order chi connectivity index (χ1) is 16.9. The van der Waals surface area contributed by atoms with Crippen LogP contribution in [0.1, 0.15) is 31.6 Å². The van der Waals surface area contributed by atoms with Crippen LogP contribution in [0.15, 0.2) is 24.4 Å². The van der Waals surface area contributed by atoms with Crippen molar-refractivity contribution < 1.29 is 22.7 Å². The molecule has 0 aliphatic carbocycles. The van der Waals surface area contributed by atoms with Gasteiger partial charge >= 0.3 is 6.03 Å². The Labute approximate surface area is 202 Å². The molecule has 2 aliphatic heterocycles. The van der Waals surface area contributed by atoms with Crippen molar-refractivity contribution in [3.8, 4) is 11.3 Å². The number of ether oxygens (including phenoxy) is 1. The summed E-state index contributed by atoms with van der Waals surface area (Å²) in [7, 11) is 0.